The van der Waals surface area contributed by atoms with Crippen LogP contribution in [-0.4, -0.2) is 24.4 Å². The van der Waals surface area contributed by atoms with Crippen molar-refractivity contribution in [3.8, 4) is 0 Å². The first-order chi connectivity index (χ1) is 10.4. The fourth-order valence-corrected chi connectivity index (χ4v) is 2.10. The molecular formula is C17H27N3O2. The van der Waals surface area contributed by atoms with Gasteiger partial charge in [-0.15, -0.1) is 0 Å². The van der Waals surface area contributed by atoms with Crippen molar-refractivity contribution < 1.29 is 9.59 Å². The first-order valence-electron chi connectivity index (χ1n) is 7.84. The predicted octanol–water partition coefficient (Wildman–Crippen LogP) is 1.82. The zero-order valence-electron chi connectivity index (χ0n) is 13.7. The van der Waals surface area contributed by atoms with Crippen LogP contribution in [0.3, 0.4) is 0 Å². The minimum atomic E-state index is -0.490. The van der Waals surface area contributed by atoms with Gasteiger partial charge in [-0.25, -0.2) is 0 Å². The highest BCUT2D eigenvalue weighted by Gasteiger charge is 2.14. The van der Waals surface area contributed by atoms with Gasteiger partial charge in [0, 0.05) is 18.7 Å². The fourth-order valence-electron chi connectivity index (χ4n) is 2.10. The van der Waals surface area contributed by atoms with Gasteiger partial charge in [0.15, 0.2) is 0 Å². The first-order valence-corrected chi connectivity index (χ1v) is 7.84. The van der Waals surface area contributed by atoms with Crippen LogP contribution in [0.15, 0.2) is 24.3 Å². The molecular weight excluding hydrogens is 278 g/mol. The molecule has 22 heavy (non-hydrogen) atoms. The molecule has 0 fully saturated rings. The van der Waals surface area contributed by atoms with Gasteiger partial charge >= 0.3 is 0 Å². The third kappa shape index (κ3) is 6.26. The lowest BCUT2D eigenvalue weighted by Gasteiger charge is -2.14. The molecule has 5 heteroatoms. The maximum atomic E-state index is 11.9. The minimum Gasteiger partial charge on any atom is -0.352 e. The molecule has 0 spiro atoms. The van der Waals surface area contributed by atoms with Crippen LogP contribution in [-0.2, 0) is 11.3 Å². The fraction of sp³-hybridized carbons (Fsp3) is 0.529. The van der Waals surface area contributed by atoms with E-state index in [9.17, 15) is 9.59 Å². The van der Waals surface area contributed by atoms with E-state index in [0.717, 1.165) is 12.0 Å². The SMILES string of the molecule is CCCNC(=O)c1cccc(CNC(=O)[C@@H](N)CC(C)C)c1. The van der Waals surface area contributed by atoms with Gasteiger partial charge in [0.05, 0.1) is 6.04 Å². The van der Waals surface area contributed by atoms with Crippen LogP contribution in [0.1, 0.15) is 49.5 Å². The van der Waals surface area contributed by atoms with Gasteiger partial charge in [-0.1, -0.05) is 32.9 Å². The average Bonchev–Trinajstić information content (AvgIpc) is 2.49. The molecule has 1 aromatic carbocycles. The second kappa shape index (κ2) is 9.20. The number of nitrogens with two attached hydrogens (primary N) is 1. The summed E-state index contributed by atoms with van der Waals surface area (Å²) in [5, 5.41) is 5.65. The highest BCUT2D eigenvalue weighted by molar-refractivity contribution is 5.94. The number of amides is 2. The Hall–Kier alpha value is -1.88. The summed E-state index contributed by atoms with van der Waals surface area (Å²) in [6.07, 6.45) is 1.56. The summed E-state index contributed by atoms with van der Waals surface area (Å²) in [4.78, 5) is 23.8. The Balaban J connectivity index is 2.56. The Morgan fingerprint density at radius 2 is 1.95 bits per heavy atom. The van der Waals surface area contributed by atoms with Crippen LogP contribution in [0.5, 0.6) is 0 Å². The predicted molar refractivity (Wildman–Crippen MR) is 88.3 cm³/mol. The zero-order chi connectivity index (χ0) is 16.5. The topological polar surface area (TPSA) is 84.2 Å². The number of hydrogen-bond donors (Lipinski definition) is 3. The van der Waals surface area contributed by atoms with E-state index < -0.39 is 6.04 Å². The Bertz CT molecular complexity index is 500. The molecule has 2 amide bonds. The molecule has 1 aromatic rings. The van der Waals surface area contributed by atoms with Gasteiger partial charge < -0.3 is 16.4 Å². The molecule has 0 aliphatic carbocycles. The molecule has 0 aromatic heterocycles. The van der Waals surface area contributed by atoms with Crippen LogP contribution < -0.4 is 16.4 Å². The molecule has 4 N–H and O–H groups in total. The van der Waals surface area contributed by atoms with Crippen molar-refractivity contribution in [2.45, 2.75) is 46.2 Å². The zero-order valence-corrected chi connectivity index (χ0v) is 13.7. The van der Waals surface area contributed by atoms with E-state index in [4.69, 9.17) is 5.73 Å². The molecule has 0 bridgehead atoms. The largest absolute Gasteiger partial charge is 0.352 e. The third-order valence-electron chi connectivity index (χ3n) is 3.25. The maximum absolute atomic E-state index is 11.9. The standard InChI is InChI=1S/C17H27N3O2/c1-4-8-19-16(21)14-7-5-6-13(10-14)11-20-17(22)15(18)9-12(2)3/h5-7,10,12,15H,4,8-9,11,18H2,1-3H3,(H,19,21)(H,20,22)/t15-/m0/s1. The summed E-state index contributed by atoms with van der Waals surface area (Å²) < 4.78 is 0. The van der Waals surface area contributed by atoms with Gasteiger partial charge in [0.25, 0.3) is 5.91 Å². The number of hydrogen-bond acceptors (Lipinski definition) is 3. The Labute approximate surface area is 132 Å². The quantitative estimate of drug-likeness (QED) is 0.685. The van der Waals surface area contributed by atoms with Crippen molar-refractivity contribution >= 4 is 11.8 Å². The summed E-state index contributed by atoms with van der Waals surface area (Å²) in [7, 11) is 0. The lowest BCUT2D eigenvalue weighted by molar-refractivity contribution is -0.122. The van der Waals surface area contributed by atoms with E-state index in [1.807, 2.05) is 32.9 Å². The summed E-state index contributed by atoms with van der Waals surface area (Å²) in [6.45, 7) is 7.10. The van der Waals surface area contributed by atoms with Crippen LogP contribution in [0.2, 0.25) is 0 Å². The molecule has 0 aliphatic heterocycles. The summed E-state index contributed by atoms with van der Waals surface area (Å²) in [5.74, 6) is 0.132. The van der Waals surface area contributed by atoms with Crippen molar-refractivity contribution in [3.05, 3.63) is 35.4 Å². The van der Waals surface area contributed by atoms with E-state index in [1.165, 1.54) is 0 Å². The lowest BCUT2D eigenvalue weighted by atomic mass is 10.0. The van der Waals surface area contributed by atoms with Gasteiger partial charge in [-0.3, -0.25) is 9.59 Å². The van der Waals surface area contributed by atoms with Crippen LogP contribution in [0.25, 0.3) is 0 Å². The molecule has 0 heterocycles. The third-order valence-corrected chi connectivity index (χ3v) is 3.25. The normalized spacial score (nSPS) is 12.0. The second-order valence-corrected chi connectivity index (χ2v) is 5.91. The van der Waals surface area contributed by atoms with Crippen LogP contribution in [0.4, 0.5) is 0 Å². The smallest absolute Gasteiger partial charge is 0.251 e. The summed E-state index contributed by atoms with van der Waals surface area (Å²) in [6, 6.07) is 6.76. The van der Waals surface area contributed by atoms with Gasteiger partial charge in [-0.2, -0.15) is 0 Å². The molecule has 0 radical (unpaired) electrons. The molecule has 0 saturated carbocycles. The molecule has 0 aliphatic rings. The molecule has 0 unspecified atom stereocenters. The van der Waals surface area contributed by atoms with Crippen molar-refractivity contribution in [2.75, 3.05) is 6.54 Å². The average molecular weight is 305 g/mol. The second-order valence-electron chi connectivity index (χ2n) is 5.91. The summed E-state index contributed by atoms with van der Waals surface area (Å²) in [5.41, 5.74) is 7.33. The molecule has 5 nitrogen and oxygen atoms in total. The van der Waals surface area contributed by atoms with E-state index >= 15 is 0 Å². The van der Waals surface area contributed by atoms with Crippen molar-refractivity contribution in [3.63, 3.8) is 0 Å². The lowest BCUT2D eigenvalue weighted by Crippen LogP contribution is -2.41. The maximum Gasteiger partial charge on any atom is 0.251 e. The van der Waals surface area contributed by atoms with E-state index in [0.29, 0.717) is 31.0 Å². The molecule has 0 saturated heterocycles. The van der Waals surface area contributed by atoms with Crippen molar-refractivity contribution in [2.24, 2.45) is 11.7 Å². The molecule has 1 atom stereocenters. The summed E-state index contributed by atoms with van der Waals surface area (Å²) >= 11 is 0. The highest BCUT2D eigenvalue weighted by atomic mass is 16.2. The van der Waals surface area contributed by atoms with E-state index in [2.05, 4.69) is 10.6 Å². The van der Waals surface area contributed by atoms with Crippen molar-refractivity contribution in [1.82, 2.24) is 10.6 Å². The number of benzene rings is 1. The number of carbonyl (C=O) groups excluding carboxylic acids is 2. The Morgan fingerprint density at radius 3 is 2.59 bits per heavy atom. The highest BCUT2D eigenvalue weighted by Crippen LogP contribution is 2.06. The molecule has 122 valence electrons. The van der Waals surface area contributed by atoms with E-state index in [-0.39, 0.29) is 11.8 Å². The first kappa shape index (κ1) is 18.2. The monoisotopic (exact) mass is 305 g/mol. The Kier molecular flexibility index (Phi) is 7.60. The van der Waals surface area contributed by atoms with Gasteiger partial charge in [0.2, 0.25) is 5.91 Å². The van der Waals surface area contributed by atoms with Crippen LogP contribution >= 0.6 is 0 Å². The van der Waals surface area contributed by atoms with Gasteiger partial charge in [-0.05, 0) is 36.5 Å². The Morgan fingerprint density at radius 1 is 1.23 bits per heavy atom. The van der Waals surface area contributed by atoms with Gasteiger partial charge in [0.1, 0.15) is 0 Å². The molecule has 1 rings (SSSR count). The minimum absolute atomic E-state index is 0.0912. The number of rotatable bonds is 8. The van der Waals surface area contributed by atoms with Crippen molar-refractivity contribution in [1.29, 1.82) is 0 Å². The number of nitrogens with one attached hydrogen (secondary N) is 2. The van der Waals surface area contributed by atoms with Crippen LogP contribution in [0, 0.1) is 5.92 Å². The number of carbonyl (C=O) groups is 2. The van der Waals surface area contributed by atoms with E-state index in [1.54, 1.807) is 12.1 Å².